The highest BCUT2D eigenvalue weighted by atomic mass is 127. The Morgan fingerprint density at radius 1 is 1.14 bits per heavy atom. The van der Waals surface area contributed by atoms with Gasteiger partial charge in [-0.25, -0.2) is 0 Å². The molecule has 14 heavy (non-hydrogen) atoms. The lowest BCUT2D eigenvalue weighted by molar-refractivity contribution is 1.31. The summed E-state index contributed by atoms with van der Waals surface area (Å²) in [6, 6.07) is 12.4. The maximum absolute atomic E-state index is 4.35. The van der Waals surface area contributed by atoms with E-state index in [0.29, 0.717) is 0 Å². The Bertz CT molecular complexity index is 437. The van der Waals surface area contributed by atoms with E-state index >= 15 is 0 Å². The highest BCUT2D eigenvalue weighted by Gasteiger charge is 2.02. The fourth-order valence-corrected chi connectivity index (χ4v) is 1.97. The van der Waals surface area contributed by atoms with Crippen LogP contribution >= 0.6 is 22.6 Å². The number of hydrogen-bond acceptors (Lipinski definition) is 1. The largest absolute Gasteiger partial charge is 0.256 e. The van der Waals surface area contributed by atoms with Crippen molar-refractivity contribution in [2.45, 2.75) is 6.92 Å². The van der Waals surface area contributed by atoms with E-state index in [1.807, 2.05) is 24.4 Å². The molecular formula is C12H10IN. The molecule has 0 saturated heterocycles. The minimum absolute atomic E-state index is 1.04. The number of nitrogens with zero attached hydrogens (tertiary/aromatic N) is 1. The van der Waals surface area contributed by atoms with Crippen molar-refractivity contribution in [3.8, 4) is 11.3 Å². The Labute approximate surface area is 97.3 Å². The molecule has 1 nitrogen and oxygen atoms in total. The molecule has 0 atom stereocenters. The van der Waals surface area contributed by atoms with Crippen LogP contribution in [0, 0.1) is 10.5 Å². The molecule has 0 aliphatic carbocycles. The maximum atomic E-state index is 4.35. The van der Waals surface area contributed by atoms with Gasteiger partial charge in [0.25, 0.3) is 0 Å². The highest BCUT2D eigenvalue weighted by Crippen LogP contribution is 2.24. The smallest absolute Gasteiger partial charge is 0.0712 e. The van der Waals surface area contributed by atoms with Crippen molar-refractivity contribution in [1.29, 1.82) is 0 Å². The highest BCUT2D eigenvalue weighted by molar-refractivity contribution is 14.1. The van der Waals surface area contributed by atoms with Crippen LogP contribution in [0.5, 0.6) is 0 Å². The Morgan fingerprint density at radius 3 is 2.71 bits per heavy atom. The second kappa shape index (κ2) is 4.09. The average Bonchev–Trinajstić information content (AvgIpc) is 2.23. The molecule has 1 heterocycles. The predicted molar refractivity (Wildman–Crippen MR) is 67.1 cm³/mol. The average molecular weight is 295 g/mol. The summed E-state index contributed by atoms with van der Waals surface area (Å²) >= 11 is 2.34. The number of aryl methyl sites for hydroxylation is 1. The van der Waals surface area contributed by atoms with Gasteiger partial charge in [-0.1, -0.05) is 17.7 Å². The van der Waals surface area contributed by atoms with Crippen LogP contribution in [-0.2, 0) is 0 Å². The van der Waals surface area contributed by atoms with Crippen molar-refractivity contribution in [2.24, 2.45) is 0 Å². The van der Waals surface area contributed by atoms with Gasteiger partial charge in [0.05, 0.1) is 5.69 Å². The molecule has 0 aliphatic rings. The standard InChI is InChI=1S/C12H10IN/c1-9-5-6-11(13)10(8-9)12-4-2-3-7-14-12/h2-8H,1H3. The number of benzene rings is 1. The van der Waals surface area contributed by atoms with E-state index in [2.05, 4.69) is 52.7 Å². The molecule has 1 aromatic heterocycles. The fourth-order valence-electron chi connectivity index (χ4n) is 1.36. The van der Waals surface area contributed by atoms with Crippen molar-refractivity contribution >= 4 is 22.6 Å². The minimum atomic E-state index is 1.04. The molecule has 0 saturated carbocycles. The van der Waals surface area contributed by atoms with Crippen molar-refractivity contribution < 1.29 is 0 Å². The zero-order valence-corrected chi connectivity index (χ0v) is 10.0. The first-order valence-electron chi connectivity index (χ1n) is 4.45. The molecule has 70 valence electrons. The summed E-state index contributed by atoms with van der Waals surface area (Å²) in [7, 11) is 0. The molecule has 0 spiro atoms. The lowest BCUT2D eigenvalue weighted by atomic mass is 10.1. The topological polar surface area (TPSA) is 12.9 Å². The third-order valence-corrected chi connectivity index (χ3v) is 3.00. The van der Waals surface area contributed by atoms with Crippen molar-refractivity contribution in [2.75, 3.05) is 0 Å². The zero-order chi connectivity index (χ0) is 9.97. The van der Waals surface area contributed by atoms with Gasteiger partial charge in [-0.2, -0.15) is 0 Å². The van der Waals surface area contributed by atoms with Gasteiger partial charge in [0.15, 0.2) is 0 Å². The predicted octanol–water partition coefficient (Wildman–Crippen LogP) is 3.66. The van der Waals surface area contributed by atoms with E-state index in [-0.39, 0.29) is 0 Å². The molecule has 0 radical (unpaired) electrons. The maximum Gasteiger partial charge on any atom is 0.0712 e. The van der Waals surface area contributed by atoms with Crippen molar-refractivity contribution in [3.05, 3.63) is 51.7 Å². The van der Waals surface area contributed by atoms with Crippen LogP contribution in [0.2, 0.25) is 0 Å². The number of halogens is 1. The van der Waals surface area contributed by atoms with E-state index in [1.165, 1.54) is 14.7 Å². The molecule has 2 heteroatoms. The number of pyridine rings is 1. The second-order valence-corrected chi connectivity index (χ2v) is 4.36. The van der Waals surface area contributed by atoms with Gasteiger partial charge in [0.1, 0.15) is 0 Å². The summed E-state index contributed by atoms with van der Waals surface area (Å²) in [6.45, 7) is 2.10. The number of hydrogen-bond donors (Lipinski definition) is 0. The van der Waals surface area contributed by atoms with Crippen LogP contribution < -0.4 is 0 Å². The first-order valence-corrected chi connectivity index (χ1v) is 5.53. The Hall–Kier alpha value is -0.900. The summed E-state index contributed by atoms with van der Waals surface area (Å²) in [6.07, 6.45) is 1.83. The molecule has 0 fully saturated rings. The third kappa shape index (κ3) is 1.95. The van der Waals surface area contributed by atoms with Crippen molar-refractivity contribution in [3.63, 3.8) is 0 Å². The summed E-state index contributed by atoms with van der Waals surface area (Å²) in [5.74, 6) is 0. The molecule has 0 N–H and O–H groups in total. The molecule has 2 aromatic rings. The number of rotatable bonds is 1. The van der Waals surface area contributed by atoms with Crippen LogP contribution in [-0.4, -0.2) is 4.98 Å². The van der Waals surface area contributed by atoms with Gasteiger partial charge in [-0.3, -0.25) is 4.98 Å². The van der Waals surface area contributed by atoms with Crippen molar-refractivity contribution in [1.82, 2.24) is 4.98 Å². The van der Waals surface area contributed by atoms with Crippen LogP contribution in [0.3, 0.4) is 0 Å². The zero-order valence-electron chi connectivity index (χ0n) is 7.87. The molecule has 0 bridgehead atoms. The lowest BCUT2D eigenvalue weighted by Crippen LogP contribution is -1.86. The summed E-state index contributed by atoms with van der Waals surface area (Å²) in [4.78, 5) is 4.35. The van der Waals surface area contributed by atoms with E-state index in [9.17, 15) is 0 Å². The van der Waals surface area contributed by atoms with Gasteiger partial charge in [0, 0.05) is 15.3 Å². The van der Waals surface area contributed by atoms with Crippen LogP contribution in [0.15, 0.2) is 42.6 Å². The van der Waals surface area contributed by atoms with Gasteiger partial charge >= 0.3 is 0 Å². The molecule has 1 aromatic carbocycles. The van der Waals surface area contributed by atoms with Gasteiger partial charge in [-0.15, -0.1) is 0 Å². The van der Waals surface area contributed by atoms with E-state index in [1.54, 1.807) is 0 Å². The third-order valence-electron chi connectivity index (χ3n) is 2.06. The molecular weight excluding hydrogens is 285 g/mol. The Balaban J connectivity index is 2.57. The molecule has 0 amide bonds. The summed E-state index contributed by atoms with van der Waals surface area (Å²) < 4.78 is 1.24. The van der Waals surface area contributed by atoms with E-state index < -0.39 is 0 Å². The van der Waals surface area contributed by atoms with Crippen LogP contribution in [0.1, 0.15) is 5.56 Å². The summed E-state index contributed by atoms with van der Waals surface area (Å²) in [5.41, 5.74) is 3.53. The van der Waals surface area contributed by atoms with Gasteiger partial charge in [0.2, 0.25) is 0 Å². The second-order valence-electron chi connectivity index (χ2n) is 3.20. The molecule has 0 unspecified atom stereocenters. The Kier molecular flexibility index (Phi) is 2.82. The SMILES string of the molecule is Cc1ccc(I)c(-c2ccccn2)c1. The monoisotopic (exact) mass is 295 g/mol. The molecule has 0 aliphatic heterocycles. The van der Waals surface area contributed by atoms with Crippen LogP contribution in [0.4, 0.5) is 0 Å². The first kappa shape index (κ1) is 9.65. The lowest BCUT2D eigenvalue weighted by Gasteiger charge is -2.04. The fraction of sp³-hybridized carbons (Fsp3) is 0.0833. The van der Waals surface area contributed by atoms with Crippen LogP contribution in [0.25, 0.3) is 11.3 Å². The first-order chi connectivity index (χ1) is 6.77. The number of aromatic nitrogens is 1. The van der Waals surface area contributed by atoms with E-state index in [4.69, 9.17) is 0 Å². The van der Waals surface area contributed by atoms with Gasteiger partial charge in [-0.05, 0) is 53.8 Å². The Morgan fingerprint density at radius 2 is 2.00 bits per heavy atom. The quantitative estimate of drug-likeness (QED) is 0.732. The minimum Gasteiger partial charge on any atom is -0.256 e. The van der Waals surface area contributed by atoms with Gasteiger partial charge < -0.3 is 0 Å². The normalized spacial score (nSPS) is 10.1. The molecule has 2 rings (SSSR count). The van der Waals surface area contributed by atoms with E-state index in [0.717, 1.165) is 5.69 Å². The summed E-state index contributed by atoms with van der Waals surface area (Å²) in [5, 5.41) is 0.